The molecule has 0 bridgehead atoms. The van der Waals surface area contributed by atoms with E-state index in [1.165, 1.54) is 11.1 Å². The van der Waals surface area contributed by atoms with Crippen molar-refractivity contribution in [3.05, 3.63) is 34.3 Å². The Hall–Kier alpha value is -0.530. The van der Waals surface area contributed by atoms with Crippen LogP contribution in [0.4, 0.5) is 0 Å². The highest BCUT2D eigenvalue weighted by atomic mass is 35.5. The second-order valence-electron chi connectivity index (χ2n) is 3.70. The lowest BCUT2D eigenvalue weighted by molar-refractivity contribution is 0.733. The fourth-order valence-electron chi connectivity index (χ4n) is 1.51. The first kappa shape index (κ1) is 11.5. The highest BCUT2D eigenvalue weighted by Crippen LogP contribution is 2.27. The first-order valence-electron chi connectivity index (χ1n) is 5.17. The van der Waals surface area contributed by atoms with Crippen molar-refractivity contribution < 1.29 is 0 Å². The van der Waals surface area contributed by atoms with Crippen LogP contribution in [-0.4, -0.2) is 6.54 Å². The number of hydrogen-bond donors (Lipinski definition) is 1. The van der Waals surface area contributed by atoms with Crippen molar-refractivity contribution in [1.82, 2.24) is 0 Å². The van der Waals surface area contributed by atoms with Gasteiger partial charge in [0, 0.05) is 5.02 Å². The third kappa shape index (κ3) is 2.73. The van der Waals surface area contributed by atoms with Crippen LogP contribution in [0, 0.1) is 0 Å². The summed E-state index contributed by atoms with van der Waals surface area (Å²) < 4.78 is 0. The molecule has 0 aliphatic carbocycles. The maximum Gasteiger partial charge on any atom is 0.0443 e. The number of hydrogen-bond acceptors (Lipinski definition) is 1. The highest BCUT2D eigenvalue weighted by molar-refractivity contribution is 6.31. The van der Waals surface area contributed by atoms with Gasteiger partial charge < -0.3 is 5.73 Å². The van der Waals surface area contributed by atoms with E-state index in [1.54, 1.807) is 0 Å². The van der Waals surface area contributed by atoms with Crippen LogP contribution < -0.4 is 5.73 Å². The molecule has 1 rings (SSSR count). The summed E-state index contributed by atoms with van der Waals surface area (Å²) in [6, 6.07) is 6.29. The third-order valence-electron chi connectivity index (χ3n) is 2.64. The number of halogens is 1. The quantitative estimate of drug-likeness (QED) is 0.812. The molecule has 0 spiro atoms. The van der Waals surface area contributed by atoms with Gasteiger partial charge in [-0.05, 0) is 42.5 Å². The lowest BCUT2D eigenvalue weighted by atomic mass is 9.97. The molecule has 1 atom stereocenters. The van der Waals surface area contributed by atoms with Gasteiger partial charge in [-0.3, -0.25) is 0 Å². The largest absolute Gasteiger partial charge is 0.330 e. The fraction of sp³-hybridized carbons (Fsp3) is 0.500. The number of nitrogens with two attached hydrogens (primary N) is 1. The van der Waals surface area contributed by atoms with Crippen LogP contribution in [0.3, 0.4) is 0 Å². The maximum absolute atomic E-state index is 6.20. The Labute approximate surface area is 91.3 Å². The summed E-state index contributed by atoms with van der Waals surface area (Å²) in [7, 11) is 0. The monoisotopic (exact) mass is 211 g/mol. The Morgan fingerprint density at radius 3 is 2.64 bits per heavy atom. The Bertz CT molecular complexity index is 296. The molecule has 1 aromatic carbocycles. The third-order valence-corrected chi connectivity index (χ3v) is 2.97. The molecular formula is C12H18ClN. The van der Waals surface area contributed by atoms with Gasteiger partial charge in [0.2, 0.25) is 0 Å². The van der Waals surface area contributed by atoms with E-state index in [1.807, 2.05) is 6.07 Å². The van der Waals surface area contributed by atoms with E-state index in [2.05, 4.69) is 26.0 Å². The SMILES string of the molecule is CCC(C)c1ccc(CCN)cc1Cl. The van der Waals surface area contributed by atoms with Crippen molar-refractivity contribution in [1.29, 1.82) is 0 Å². The van der Waals surface area contributed by atoms with E-state index in [9.17, 15) is 0 Å². The Kier molecular flexibility index (Phi) is 4.43. The zero-order valence-electron chi connectivity index (χ0n) is 8.89. The molecule has 0 fully saturated rings. The fourth-order valence-corrected chi connectivity index (χ4v) is 1.90. The summed E-state index contributed by atoms with van der Waals surface area (Å²) in [4.78, 5) is 0. The van der Waals surface area contributed by atoms with Crippen molar-refractivity contribution in [3.63, 3.8) is 0 Å². The second kappa shape index (κ2) is 5.38. The number of benzene rings is 1. The van der Waals surface area contributed by atoms with Crippen LogP contribution in [0.1, 0.15) is 37.3 Å². The van der Waals surface area contributed by atoms with Gasteiger partial charge in [-0.25, -0.2) is 0 Å². The molecule has 78 valence electrons. The van der Waals surface area contributed by atoms with Gasteiger partial charge >= 0.3 is 0 Å². The van der Waals surface area contributed by atoms with E-state index in [4.69, 9.17) is 17.3 Å². The molecule has 0 radical (unpaired) electrons. The highest BCUT2D eigenvalue weighted by Gasteiger charge is 2.07. The predicted molar refractivity (Wildman–Crippen MR) is 62.9 cm³/mol. The maximum atomic E-state index is 6.20. The summed E-state index contributed by atoms with van der Waals surface area (Å²) in [6.07, 6.45) is 2.02. The second-order valence-corrected chi connectivity index (χ2v) is 4.11. The molecule has 0 saturated heterocycles. The molecule has 0 aliphatic heterocycles. The average Bonchev–Trinajstić information content (AvgIpc) is 2.17. The van der Waals surface area contributed by atoms with Gasteiger partial charge in [-0.1, -0.05) is 37.6 Å². The molecule has 1 unspecified atom stereocenters. The van der Waals surface area contributed by atoms with Gasteiger partial charge in [0.1, 0.15) is 0 Å². The molecule has 0 heterocycles. The molecule has 1 aromatic rings. The molecule has 0 saturated carbocycles. The van der Waals surface area contributed by atoms with Crippen molar-refractivity contribution in [3.8, 4) is 0 Å². The molecule has 2 heteroatoms. The Morgan fingerprint density at radius 2 is 2.14 bits per heavy atom. The molecule has 14 heavy (non-hydrogen) atoms. The van der Waals surface area contributed by atoms with Crippen molar-refractivity contribution in [2.45, 2.75) is 32.6 Å². The van der Waals surface area contributed by atoms with Crippen molar-refractivity contribution in [2.75, 3.05) is 6.54 Å². The molecular weight excluding hydrogens is 194 g/mol. The van der Waals surface area contributed by atoms with E-state index in [0.29, 0.717) is 12.5 Å². The number of rotatable bonds is 4. The van der Waals surface area contributed by atoms with Crippen LogP contribution in [0.2, 0.25) is 5.02 Å². The minimum absolute atomic E-state index is 0.537. The molecule has 2 N–H and O–H groups in total. The van der Waals surface area contributed by atoms with E-state index in [0.717, 1.165) is 17.9 Å². The first-order chi connectivity index (χ1) is 6.69. The van der Waals surface area contributed by atoms with Crippen LogP contribution >= 0.6 is 11.6 Å². The van der Waals surface area contributed by atoms with Gasteiger partial charge in [-0.15, -0.1) is 0 Å². The Morgan fingerprint density at radius 1 is 1.43 bits per heavy atom. The Balaban J connectivity index is 2.89. The van der Waals surface area contributed by atoms with Crippen molar-refractivity contribution in [2.24, 2.45) is 5.73 Å². The van der Waals surface area contributed by atoms with Crippen LogP contribution in [0.15, 0.2) is 18.2 Å². The summed E-state index contributed by atoms with van der Waals surface area (Å²) in [5.41, 5.74) is 7.96. The molecule has 1 nitrogen and oxygen atoms in total. The van der Waals surface area contributed by atoms with Crippen LogP contribution in [-0.2, 0) is 6.42 Å². The first-order valence-corrected chi connectivity index (χ1v) is 5.55. The summed E-state index contributed by atoms with van der Waals surface area (Å²) in [5, 5.41) is 0.880. The minimum atomic E-state index is 0.537. The molecule has 0 aliphatic rings. The minimum Gasteiger partial charge on any atom is -0.330 e. The van der Waals surface area contributed by atoms with Crippen LogP contribution in [0.25, 0.3) is 0 Å². The van der Waals surface area contributed by atoms with Gasteiger partial charge in [0.15, 0.2) is 0 Å². The topological polar surface area (TPSA) is 26.0 Å². The zero-order chi connectivity index (χ0) is 10.6. The zero-order valence-corrected chi connectivity index (χ0v) is 9.64. The van der Waals surface area contributed by atoms with E-state index < -0.39 is 0 Å². The van der Waals surface area contributed by atoms with Gasteiger partial charge in [-0.2, -0.15) is 0 Å². The summed E-state index contributed by atoms with van der Waals surface area (Å²) in [6.45, 7) is 5.05. The van der Waals surface area contributed by atoms with Crippen molar-refractivity contribution >= 4 is 11.6 Å². The summed E-state index contributed by atoms with van der Waals surface area (Å²) in [5.74, 6) is 0.537. The molecule has 0 amide bonds. The van der Waals surface area contributed by atoms with Gasteiger partial charge in [0.25, 0.3) is 0 Å². The van der Waals surface area contributed by atoms with E-state index in [-0.39, 0.29) is 0 Å². The normalized spacial score (nSPS) is 12.9. The lowest BCUT2D eigenvalue weighted by Crippen LogP contribution is -2.03. The average molecular weight is 212 g/mol. The van der Waals surface area contributed by atoms with Crippen LogP contribution in [0.5, 0.6) is 0 Å². The standard InChI is InChI=1S/C12H18ClN/c1-3-9(2)11-5-4-10(6-7-14)8-12(11)13/h4-5,8-9H,3,6-7,14H2,1-2H3. The smallest absolute Gasteiger partial charge is 0.0443 e. The summed E-state index contributed by atoms with van der Waals surface area (Å²) >= 11 is 6.20. The molecule has 0 aromatic heterocycles. The predicted octanol–water partition coefficient (Wildman–Crippen LogP) is 3.35. The van der Waals surface area contributed by atoms with Gasteiger partial charge in [0.05, 0.1) is 0 Å². The lowest BCUT2D eigenvalue weighted by Gasteiger charge is -2.12. The van der Waals surface area contributed by atoms with E-state index >= 15 is 0 Å².